The van der Waals surface area contributed by atoms with Gasteiger partial charge in [0.2, 0.25) is 0 Å². The second-order valence-corrected chi connectivity index (χ2v) is 4.95. The van der Waals surface area contributed by atoms with E-state index in [1.165, 1.54) is 0 Å². The molecule has 17 heavy (non-hydrogen) atoms. The second kappa shape index (κ2) is 6.94. The fourth-order valence-electron chi connectivity index (χ4n) is 1.08. The Morgan fingerprint density at radius 1 is 1.12 bits per heavy atom. The lowest BCUT2D eigenvalue weighted by Crippen LogP contribution is -2.07. The zero-order valence-electron chi connectivity index (χ0n) is 10.8. The van der Waals surface area contributed by atoms with Crippen LogP contribution in [0, 0.1) is 5.41 Å². The van der Waals surface area contributed by atoms with Gasteiger partial charge in [0.25, 0.3) is 0 Å². The first-order chi connectivity index (χ1) is 8.08. The molecule has 0 heterocycles. The third-order valence-electron chi connectivity index (χ3n) is 1.91. The van der Waals surface area contributed by atoms with Gasteiger partial charge in [0.15, 0.2) is 0 Å². The number of hydrogen-bond donors (Lipinski definition) is 0. The minimum absolute atomic E-state index is 0.0700. The summed E-state index contributed by atoms with van der Waals surface area (Å²) in [6.07, 6.45) is 2.64. The van der Waals surface area contributed by atoms with Gasteiger partial charge in [-0.25, -0.2) is 0 Å². The summed E-state index contributed by atoms with van der Waals surface area (Å²) in [5.41, 5.74) is 0.0700. The maximum Gasteiger partial charge on any atom is 0.120 e. The average molecular weight is 235 g/mol. The van der Waals surface area contributed by atoms with Crippen molar-refractivity contribution in [3.63, 3.8) is 0 Å². The molecule has 3 heteroatoms. The molecule has 0 unspecified atom stereocenters. The molecule has 1 aromatic rings. The minimum atomic E-state index is 0.0700. The molecule has 0 aromatic heterocycles. The van der Waals surface area contributed by atoms with E-state index in [2.05, 4.69) is 25.9 Å². The van der Waals surface area contributed by atoms with Gasteiger partial charge in [-0.15, -0.1) is 0 Å². The topological polar surface area (TPSA) is 30.8 Å². The van der Waals surface area contributed by atoms with Crippen LogP contribution in [0.15, 0.2) is 35.5 Å². The first-order valence-corrected chi connectivity index (χ1v) is 5.92. The van der Waals surface area contributed by atoms with E-state index in [4.69, 9.17) is 9.57 Å². The van der Waals surface area contributed by atoms with Crippen molar-refractivity contribution in [2.75, 3.05) is 13.2 Å². The molecule has 0 spiro atoms. The number of benzene rings is 1. The zero-order chi connectivity index (χ0) is 12.6. The molecule has 0 saturated carbocycles. The van der Waals surface area contributed by atoms with Crippen LogP contribution in [0.2, 0.25) is 0 Å². The Bertz CT molecular complexity index is 328. The molecule has 0 saturated heterocycles. The summed E-state index contributed by atoms with van der Waals surface area (Å²) in [6.45, 7) is 7.48. The van der Waals surface area contributed by atoms with Crippen LogP contribution >= 0.6 is 0 Å². The Labute approximate surface area is 103 Å². The molecule has 0 N–H and O–H groups in total. The summed E-state index contributed by atoms with van der Waals surface area (Å²) in [5, 5.41) is 3.91. The van der Waals surface area contributed by atoms with Gasteiger partial charge in [-0.2, -0.15) is 0 Å². The molecule has 0 fully saturated rings. The highest BCUT2D eigenvalue weighted by molar-refractivity contribution is 5.63. The van der Waals surface area contributed by atoms with E-state index in [9.17, 15) is 0 Å². The van der Waals surface area contributed by atoms with Crippen LogP contribution in [-0.4, -0.2) is 19.4 Å². The van der Waals surface area contributed by atoms with Crippen LogP contribution in [0.5, 0.6) is 5.75 Å². The SMILES string of the molecule is CC(C)(C)/C=N/OCCCOc1ccccc1. The monoisotopic (exact) mass is 235 g/mol. The second-order valence-electron chi connectivity index (χ2n) is 4.95. The van der Waals surface area contributed by atoms with Crippen molar-refractivity contribution < 1.29 is 9.57 Å². The van der Waals surface area contributed by atoms with Gasteiger partial charge in [-0.05, 0) is 12.1 Å². The molecule has 94 valence electrons. The zero-order valence-corrected chi connectivity index (χ0v) is 10.8. The lowest BCUT2D eigenvalue weighted by atomic mass is 10.00. The normalized spacial score (nSPS) is 11.7. The summed E-state index contributed by atoms with van der Waals surface area (Å²) >= 11 is 0. The van der Waals surface area contributed by atoms with Crippen molar-refractivity contribution in [3.8, 4) is 5.75 Å². The highest BCUT2D eigenvalue weighted by Gasteiger charge is 2.04. The number of ether oxygens (including phenoxy) is 1. The lowest BCUT2D eigenvalue weighted by Gasteiger charge is -2.09. The standard InChI is InChI=1S/C14H21NO2/c1-14(2,3)12-15-17-11-7-10-16-13-8-5-4-6-9-13/h4-6,8-9,12H,7,10-11H2,1-3H3/b15-12+. The van der Waals surface area contributed by atoms with E-state index in [1.54, 1.807) is 0 Å². The fourth-order valence-corrected chi connectivity index (χ4v) is 1.08. The predicted molar refractivity (Wildman–Crippen MR) is 70.5 cm³/mol. The third-order valence-corrected chi connectivity index (χ3v) is 1.91. The molecule has 0 bridgehead atoms. The van der Waals surface area contributed by atoms with E-state index in [0.29, 0.717) is 13.2 Å². The molecular formula is C14H21NO2. The molecule has 0 radical (unpaired) electrons. The van der Waals surface area contributed by atoms with E-state index in [1.807, 2.05) is 36.5 Å². The Hall–Kier alpha value is -1.51. The molecular weight excluding hydrogens is 214 g/mol. The number of nitrogens with zero attached hydrogens (tertiary/aromatic N) is 1. The van der Waals surface area contributed by atoms with E-state index < -0.39 is 0 Å². The first-order valence-electron chi connectivity index (χ1n) is 5.92. The summed E-state index contributed by atoms with van der Waals surface area (Å²) in [7, 11) is 0. The van der Waals surface area contributed by atoms with E-state index in [0.717, 1.165) is 12.2 Å². The quantitative estimate of drug-likeness (QED) is 0.429. The molecule has 0 atom stereocenters. The molecule has 1 rings (SSSR count). The summed E-state index contributed by atoms with van der Waals surface area (Å²) in [4.78, 5) is 5.14. The van der Waals surface area contributed by atoms with Crippen molar-refractivity contribution in [3.05, 3.63) is 30.3 Å². The smallest absolute Gasteiger partial charge is 0.120 e. The van der Waals surface area contributed by atoms with Crippen molar-refractivity contribution in [2.24, 2.45) is 10.6 Å². The minimum Gasteiger partial charge on any atom is -0.493 e. The van der Waals surface area contributed by atoms with Gasteiger partial charge in [0.05, 0.1) is 6.61 Å². The van der Waals surface area contributed by atoms with Crippen molar-refractivity contribution in [1.29, 1.82) is 0 Å². The summed E-state index contributed by atoms with van der Waals surface area (Å²) in [5.74, 6) is 0.894. The van der Waals surface area contributed by atoms with Gasteiger partial charge >= 0.3 is 0 Å². The summed E-state index contributed by atoms with van der Waals surface area (Å²) < 4.78 is 5.52. The number of para-hydroxylation sites is 1. The number of hydrogen-bond acceptors (Lipinski definition) is 3. The Balaban J connectivity index is 2.04. The first kappa shape index (κ1) is 13.6. The largest absolute Gasteiger partial charge is 0.493 e. The molecule has 0 aliphatic carbocycles. The van der Waals surface area contributed by atoms with Gasteiger partial charge in [0.1, 0.15) is 12.4 Å². The van der Waals surface area contributed by atoms with Crippen LogP contribution in [0.3, 0.4) is 0 Å². The lowest BCUT2D eigenvalue weighted by molar-refractivity contribution is 0.127. The van der Waals surface area contributed by atoms with Crippen LogP contribution < -0.4 is 4.74 Å². The van der Waals surface area contributed by atoms with Gasteiger partial charge < -0.3 is 9.57 Å². The highest BCUT2D eigenvalue weighted by Crippen LogP contribution is 2.09. The van der Waals surface area contributed by atoms with Crippen molar-refractivity contribution >= 4 is 6.21 Å². The average Bonchev–Trinajstić information content (AvgIpc) is 2.28. The third kappa shape index (κ3) is 7.39. The van der Waals surface area contributed by atoms with E-state index in [-0.39, 0.29) is 5.41 Å². The molecule has 0 aliphatic heterocycles. The van der Waals surface area contributed by atoms with Crippen LogP contribution in [0.1, 0.15) is 27.2 Å². The number of oxime groups is 1. The van der Waals surface area contributed by atoms with Crippen LogP contribution in [0.25, 0.3) is 0 Å². The van der Waals surface area contributed by atoms with Crippen molar-refractivity contribution in [1.82, 2.24) is 0 Å². The summed E-state index contributed by atoms with van der Waals surface area (Å²) in [6, 6.07) is 9.77. The molecule has 0 amide bonds. The van der Waals surface area contributed by atoms with Crippen LogP contribution in [0.4, 0.5) is 0 Å². The van der Waals surface area contributed by atoms with Gasteiger partial charge in [-0.3, -0.25) is 0 Å². The maximum absolute atomic E-state index is 5.52. The Morgan fingerprint density at radius 2 is 1.82 bits per heavy atom. The Kier molecular flexibility index (Phi) is 5.53. The van der Waals surface area contributed by atoms with E-state index >= 15 is 0 Å². The molecule has 1 aromatic carbocycles. The van der Waals surface area contributed by atoms with Gasteiger partial charge in [0, 0.05) is 18.1 Å². The Morgan fingerprint density at radius 3 is 2.47 bits per heavy atom. The fraction of sp³-hybridized carbons (Fsp3) is 0.500. The molecule has 3 nitrogen and oxygen atoms in total. The predicted octanol–water partition coefficient (Wildman–Crippen LogP) is 3.50. The van der Waals surface area contributed by atoms with Crippen LogP contribution in [-0.2, 0) is 4.84 Å². The van der Waals surface area contributed by atoms with Gasteiger partial charge in [-0.1, -0.05) is 44.1 Å². The highest BCUT2D eigenvalue weighted by atomic mass is 16.6. The molecule has 0 aliphatic rings. The number of rotatable bonds is 6. The maximum atomic E-state index is 5.52. The van der Waals surface area contributed by atoms with Crippen molar-refractivity contribution in [2.45, 2.75) is 27.2 Å².